The van der Waals surface area contributed by atoms with E-state index >= 15 is 0 Å². The van der Waals surface area contributed by atoms with Gasteiger partial charge in [-0.1, -0.05) is 13.8 Å². The Bertz CT molecular complexity index is 656. The summed E-state index contributed by atoms with van der Waals surface area (Å²) < 4.78 is 11.7. The van der Waals surface area contributed by atoms with Gasteiger partial charge in [0.15, 0.2) is 0 Å². The molecule has 24 heavy (non-hydrogen) atoms. The molecule has 1 fully saturated rings. The van der Waals surface area contributed by atoms with E-state index < -0.39 is 0 Å². The fraction of sp³-hybridized carbons (Fsp3) is 0.684. The van der Waals surface area contributed by atoms with Gasteiger partial charge in [-0.2, -0.15) is 5.26 Å². The number of anilines is 1. The molecule has 5 heteroatoms. The number of ether oxygens (including phenoxy) is 2. The molecule has 1 N–H and O–H groups in total. The van der Waals surface area contributed by atoms with Crippen LogP contribution in [0.5, 0.6) is 0 Å². The summed E-state index contributed by atoms with van der Waals surface area (Å²) in [5.74, 6) is 0.993. The molecule has 5 nitrogen and oxygen atoms in total. The summed E-state index contributed by atoms with van der Waals surface area (Å²) in [5.41, 5.74) is 3.66. The van der Waals surface area contributed by atoms with E-state index in [2.05, 4.69) is 39.1 Å². The third kappa shape index (κ3) is 3.40. The Kier molecular flexibility index (Phi) is 4.80. The summed E-state index contributed by atoms with van der Waals surface area (Å²) in [4.78, 5) is 4.80. The number of nitrogens with zero attached hydrogens (tertiary/aromatic N) is 2. The lowest BCUT2D eigenvalue weighted by molar-refractivity contribution is -0.0408. The summed E-state index contributed by atoms with van der Waals surface area (Å²) in [5, 5.41) is 13.1. The van der Waals surface area contributed by atoms with Crippen LogP contribution in [0, 0.1) is 11.3 Å². The quantitative estimate of drug-likeness (QED) is 0.915. The molecule has 130 valence electrons. The van der Waals surface area contributed by atoms with Gasteiger partial charge >= 0.3 is 0 Å². The van der Waals surface area contributed by atoms with Crippen LogP contribution >= 0.6 is 0 Å². The molecule has 3 rings (SSSR count). The van der Waals surface area contributed by atoms with Crippen LogP contribution in [0.2, 0.25) is 0 Å². The second-order valence-electron chi connectivity index (χ2n) is 7.69. The van der Waals surface area contributed by atoms with E-state index in [-0.39, 0.29) is 11.7 Å². The average Bonchev–Trinajstić information content (AvgIpc) is 3.04. The van der Waals surface area contributed by atoms with Gasteiger partial charge in [0, 0.05) is 25.1 Å². The minimum absolute atomic E-state index is 0.219. The van der Waals surface area contributed by atoms with Crippen LogP contribution in [0.1, 0.15) is 68.8 Å². The zero-order chi connectivity index (χ0) is 17.3. The first kappa shape index (κ1) is 17.2. The molecular weight excluding hydrogens is 302 g/mol. The number of aromatic nitrogens is 1. The predicted octanol–water partition coefficient (Wildman–Crippen LogP) is 3.52. The van der Waals surface area contributed by atoms with Crippen LogP contribution in [0.25, 0.3) is 0 Å². The second kappa shape index (κ2) is 6.70. The lowest BCUT2D eigenvalue weighted by Crippen LogP contribution is -2.34. The number of rotatable bonds is 4. The number of hydrogen-bond donors (Lipinski definition) is 1. The molecule has 0 spiro atoms. The predicted molar refractivity (Wildman–Crippen MR) is 93.1 cm³/mol. The summed E-state index contributed by atoms with van der Waals surface area (Å²) >= 11 is 0. The van der Waals surface area contributed by atoms with Gasteiger partial charge in [-0.3, -0.25) is 0 Å². The maximum Gasteiger partial charge on any atom is 0.144 e. The molecule has 1 aromatic rings. The van der Waals surface area contributed by atoms with Gasteiger partial charge in [0.1, 0.15) is 11.9 Å². The Morgan fingerprint density at radius 3 is 2.79 bits per heavy atom. The lowest BCUT2D eigenvalue weighted by atomic mass is 9.86. The maximum atomic E-state index is 9.76. The maximum absolute atomic E-state index is 9.76. The fourth-order valence-corrected chi connectivity index (χ4v) is 3.53. The lowest BCUT2D eigenvalue weighted by Gasteiger charge is -2.34. The fourth-order valence-electron chi connectivity index (χ4n) is 3.53. The van der Waals surface area contributed by atoms with E-state index in [1.54, 1.807) is 0 Å². The highest BCUT2D eigenvalue weighted by Gasteiger charge is 2.32. The normalized spacial score (nSPS) is 22.2. The van der Waals surface area contributed by atoms with Crippen molar-refractivity contribution in [2.24, 2.45) is 0 Å². The van der Waals surface area contributed by atoms with E-state index in [9.17, 15) is 5.26 Å². The molecule has 2 aliphatic heterocycles. The van der Waals surface area contributed by atoms with Gasteiger partial charge in [0.2, 0.25) is 0 Å². The Morgan fingerprint density at radius 1 is 1.38 bits per heavy atom. The monoisotopic (exact) mass is 329 g/mol. The molecular formula is C19H27N3O2. The van der Waals surface area contributed by atoms with Crippen molar-refractivity contribution in [3.8, 4) is 6.07 Å². The van der Waals surface area contributed by atoms with Crippen molar-refractivity contribution in [2.75, 3.05) is 18.5 Å². The van der Waals surface area contributed by atoms with Crippen molar-refractivity contribution in [1.29, 1.82) is 5.26 Å². The van der Waals surface area contributed by atoms with Crippen LogP contribution in [-0.2, 0) is 22.5 Å². The van der Waals surface area contributed by atoms with Crippen molar-refractivity contribution in [3.05, 3.63) is 22.4 Å². The molecule has 0 unspecified atom stereocenters. The Labute approximate surface area is 144 Å². The van der Waals surface area contributed by atoms with Crippen molar-refractivity contribution < 1.29 is 9.47 Å². The SMILES string of the molecule is CC(C)c1nc(NC[C@@H]2CCCO2)c(C#N)c2c1COC(C)(C)C2. The molecule has 0 saturated carbocycles. The zero-order valence-electron chi connectivity index (χ0n) is 15.1. The number of hydrogen-bond acceptors (Lipinski definition) is 5. The first-order valence-electron chi connectivity index (χ1n) is 8.86. The van der Waals surface area contributed by atoms with E-state index in [1.165, 1.54) is 0 Å². The van der Waals surface area contributed by atoms with Crippen molar-refractivity contribution >= 4 is 5.82 Å². The first-order valence-corrected chi connectivity index (χ1v) is 8.86. The second-order valence-corrected chi connectivity index (χ2v) is 7.69. The van der Waals surface area contributed by atoms with Crippen molar-refractivity contribution in [3.63, 3.8) is 0 Å². The third-order valence-corrected chi connectivity index (χ3v) is 4.83. The van der Waals surface area contributed by atoms with Crippen LogP contribution in [0.3, 0.4) is 0 Å². The third-order valence-electron chi connectivity index (χ3n) is 4.83. The van der Waals surface area contributed by atoms with E-state index in [4.69, 9.17) is 14.5 Å². The molecule has 0 bridgehead atoms. The largest absolute Gasteiger partial charge is 0.376 e. The smallest absolute Gasteiger partial charge is 0.144 e. The first-order chi connectivity index (χ1) is 11.4. The summed E-state index contributed by atoms with van der Waals surface area (Å²) in [6.45, 7) is 10.5. The molecule has 0 aliphatic carbocycles. The van der Waals surface area contributed by atoms with Crippen LogP contribution in [-0.4, -0.2) is 29.8 Å². The topological polar surface area (TPSA) is 67.2 Å². The van der Waals surface area contributed by atoms with Gasteiger partial charge in [-0.05, 0) is 38.2 Å². The average molecular weight is 329 g/mol. The molecule has 1 aromatic heterocycles. The van der Waals surface area contributed by atoms with Gasteiger partial charge in [0.05, 0.1) is 29.6 Å². The molecule has 0 aromatic carbocycles. The highest BCUT2D eigenvalue weighted by Crippen LogP contribution is 2.36. The Morgan fingerprint density at radius 2 is 2.17 bits per heavy atom. The van der Waals surface area contributed by atoms with E-state index in [0.717, 1.165) is 42.7 Å². The zero-order valence-corrected chi connectivity index (χ0v) is 15.1. The van der Waals surface area contributed by atoms with Gasteiger partial charge in [0.25, 0.3) is 0 Å². The Hall–Kier alpha value is -1.64. The van der Waals surface area contributed by atoms with Crippen molar-refractivity contribution in [2.45, 2.75) is 71.2 Å². The van der Waals surface area contributed by atoms with Crippen LogP contribution in [0.15, 0.2) is 0 Å². The van der Waals surface area contributed by atoms with Gasteiger partial charge in [-0.15, -0.1) is 0 Å². The minimum atomic E-state index is -0.250. The number of nitriles is 1. The standard InChI is InChI=1S/C19H27N3O2/c1-12(2)17-16-11-24-19(3,4)8-14(16)15(9-20)18(22-17)21-10-13-6-5-7-23-13/h12-13H,5-8,10-11H2,1-4H3,(H,21,22)/t13-/m0/s1. The van der Waals surface area contributed by atoms with Crippen LogP contribution in [0.4, 0.5) is 5.82 Å². The molecule has 1 atom stereocenters. The molecule has 0 radical (unpaired) electrons. The minimum Gasteiger partial charge on any atom is -0.376 e. The highest BCUT2D eigenvalue weighted by molar-refractivity contribution is 5.60. The number of nitrogens with one attached hydrogen (secondary N) is 1. The van der Waals surface area contributed by atoms with Crippen LogP contribution < -0.4 is 5.32 Å². The summed E-state index contributed by atoms with van der Waals surface area (Å²) in [7, 11) is 0. The summed E-state index contributed by atoms with van der Waals surface area (Å²) in [6, 6.07) is 2.38. The molecule has 0 amide bonds. The molecule has 3 heterocycles. The Balaban J connectivity index is 1.98. The van der Waals surface area contributed by atoms with E-state index in [0.29, 0.717) is 30.5 Å². The van der Waals surface area contributed by atoms with Gasteiger partial charge in [-0.25, -0.2) is 4.98 Å². The van der Waals surface area contributed by atoms with Crippen molar-refractivity contribution in [1.82, 2.24) is 4.98 Å². The summed E-state index contributed by atoms with van der Waals surface area (Å²) in [6.07, 6.45) is 3.13. The van der Waals surface area contributed by atoms with Gasteiger partial charge < -0.3 is 14.8 Å². The molecule has 1 saturated heterocycles. The highest BCUT2D eigenvalue weighted by atomic mass is 16.5. The number of fused-ring (bicyclic) bond motifs is 1. The molecule has 2 aliphatic rings. The van der Waals surface area contributed by atoms with E-state index in [1.807, 2.05) is 0 Å². The number of pyridine rings is 1.